The maximum absolute atomic E-state index is 6.09. The standard InChI is InChI=1S/C15H17NO.ClH/c1-3-13(16)15-12-8-6-5-7-11(12)9-10-14(15)17-4-2;/h3,5-10,13H,1,4,16H2,2H3;1H/t13-;/m0./s1. The zero-order valence-corrected chi connectivity index (χ0v) is 11.2. The largest absolute Gasteiger partial charge is 0.494 e. The van der Waals surface area contributed by atoms with Crippen LogP contribution in [0.1, 0.15) is 18.5 Å². The Balaban J connectivity index is 0.00000162. The molecule has 0 unspecified atom stereocenters. The lowest BCUT2D eigenvalue weighted by molar-refractivity contribution is 0.336. The maximum atomic E-state index is 6.09. The lowest BCUT2D eigenvalue weighted by atomic mass is 9.98. The first-order valence-corrected chi connectivity index (χ1v) is 5.80. The van der Waals surface area contributed by atoms with Crippen LogP contribution in [0.5, 0.6) is 5.75 Å². The fourth-order valence-electron chi connectivity index (χ4n) is 2.02. The van der Waals surface area contributed by atoms with Crippen molar-refractivity contribution < 1.29 is 4.74 Å². The zero-order valence-electron chi connectivity index (χ0n) is 10.4. The molecule has 0 aliphatic rings. The summed E-state index contributed by atoms with van der Waals surface area (Å²) < 4.78 is 5.64. The molecule has 0 aliphatic heterocycles. The second-order valence-electron chi connectivity index (χ2n) is 3.89. The van der Waals surface area contributed by atoms with Crippen molar-refractivity contribution in [1.29, 1.82) is 0 Å². The average molecular weight is 264 g/mol. The molecule has 0 spiro atoms. The number of hydrogen-bond donors (Lipinski definition) is 1. The predicted molar refractivity (Wildman–Crippen MR) is 79.5 cm³/mol. The summed E-state index contributed by atoms with van der Waals surface area (Å²) in [5.41, 5.74) is 7.11. The second-order valence-corrected chi connectivity index (χ2v) is 3.89. The van der Waals surface area contributed by atoms with E-state index in [-0.39, 0.29) is 18.4 Å². The molecule has 0 fully saturated rings. The summed E-state index contributed by atoms with van der Waals surface area (Å²) in [7, 11) is 0. The summed E-state index contributed by atoms with van der Waals surface area (Å²) in [6, 6.07) is 12.0. The van der Waals surface area contributed by atoms with Crippen molar-refractivity contribution in [2.24, 2.45) is 5.73 Å². The summed E-state index contributed by atoms with van der Waals surface area (Å²) >= 11 is 0. The van der Waals surface area contributed by atoms with Crippen LogP contribution in [0.4, 0.5) is 0 Å². The average Bonchev–Trinajstić information content (AvgIpc) is 2.38. The van der Waals surface area contributed by atoms with Gasteiger partial charge < -0.3 is 10.5 Å². The molecule has 0 aliphatic carbocycles. The molecule has 2 rings (SSSR count). The van der Waals surface area contributed by atoms with Gasteiger partial charge in [0.15, 0.2) is 0 Å². The van der Waals surface area contributed by atoms with E-state index in [1.807, 2.05) is 25.1 Å². The number of rotatable bonds is 4. The molecular formula is C15H18ClNO. The van der Waals surface area contributed by atoms with Crippen LogP contribution in [0.3, 0.4) is 0 Å². The van der Waals surface area contributed by atoms with E-state index in [0.717, 1.165) is 16.7 Å². The molecular weight excluding hydrogens is 246 g/mol. The first-order chi connectivity index (χ1) is 8.27. The van der Waals surface area contributed by atoms with Crippen molar-refractivity contribution in [2.75, 3.05) is 6.61 Å². The Morgan fingerprint density at radius 1 is 1.28 bits per heavy atom. The number of halogens is 1. The molecule has 0 amide bonds. The molecule has 0 heterocycles. The van der Waals surface area contributed by atoms with E-state index < -0.39 is 0 Å². The van der Waals surface area contributed by atoms with Crippen LogP contribution >= 0.6 is 12.4 Å². The highest BCUT2D eigenvalue weighted by Crippen LogP contribution is 2.32. The van der Waals surface area contributed by atoms with Gasteiger partial charge in [-0.05, 0) is 23.8 Å². The Kier molecular flexibility index (Phi) is 5.20. The van der Waals surface area contributed by atoms with E-state index in [2.05, 4.69) is 24.8 Å². The van der Waals surface area contributed by atoms with E-state index >= 15 is 0 Å². The van der Waals surface area contributed by atoms with E-state index in [9.17, 15) is 0 Å². The van der Waals surface area contributed by atoms with Crippen LogP contribution in [0.25, 0.3) is 10.8 Å². The van der Waals surface area contributed by atoms with Crippen LogP contribution in [-0.4, -0.2) is 6.61 Å². The highest BCUT2D eigenvalue weighted by molar-refractivity contribution is 5.88. The van der Waals surface area contributed by atoms with Crippen molar-refractivity contribution >= 4 is 23.2 Å². The molecule has 18 heavy (non-hydrogen) atoms. The molecule has 2 nitrogen and oxygen atoms in total. The minimum absolute atomic E-state index is 0. The summed E-state index contributed by atoms with van der Waals surface area (Å²) in [6.07, 6.45) is 1.74. The highest BCUT2D eigenvalue weighted by atomic mass is 35.5. The Labute approximate surface area is 114 Å². The SMILES string of the molecule is C=C[C@H](N)c1c(OCC)ccc2ccccc12.Cl. The predicted octanol–water partition coefficient (Wildman–Crippen LogP) is 3.85. The van der Waals surface area contributed by atoms with E-state index in [1.165, 1.54) is 5.39 Å². The third kappa shape index (κ3) is 2.66. The molecule has 3 heteroatoms. The summed E-state index contributed by atoms with van der Waals surface area (Å²) in [6.45, 7) is 6.37. The Bertz CT molecular complexity index is 539. The topological polar surface area (TPSA) is 35.2 Å². The van der Waals surface area contributed by atoms with Crippen LogP contribution < -0.4 is 10.5 Å². The van der Waals surface area contributed by atoms with Crippen LogP contribution in [-0.2, 0) is 0 Å². The summed E-state index contributed by atoms with van der Waals surface area (Å²) in [4.78, 5) is 0. The van der Waals surface area contributed by atoms with Crippen molar-refractivity contribution in [3.63, 3.8) is 0 Å². The van der Waals surface area contributed by atoms with Crippen LogP contribution in [0, 0.1) is 0 Å². The van der Waals surface area contributed by atoms with Gasteiger partial charge in [0.1, 0.15) is 5.75 Å². The summed E-state index contributed by atoms with van der Waals surface area (Å²) in [5.74, 6) is 0.846. The number of fused-ring (bicyclic) bond motifs is 1. The monoisotopic (exact) mass is 263 g/mol. The van der Waals surface area contributed by atoms with E-state index in [4.69, 9.17) is 10.5 Å². The van der Waals surface area contributed by atoms with Crippen molar-refractivity contribution in [3.05, 3.63) is 54.6 Å². The van der Waals surface area contributed by atoms with Crippen LogP contribution in [0.2, 0.25) is 0 Å². The van der Waals surface area contributed by atoms with Crippen LogP contribution in [0.15, 0.2) is 49.1 Å². The molecule has 0 saturated heterocycles. The minimum atomic E-state index is -0.206. The molecule has 2 aromatic rings. The fourth-order valence-corrected chi connectivity index (χ4v) is 2.02. The van der Waals surface area contributed by atoms with Gasteiger partial charge in [-0.2, -0.15) is 0 Å². The van der Waals surface area contributed by atoms with Crippen molar-refractivity contribution in [3.8, 4) is 5.75 Å². The lowest BCUT2D eigenvalue weighted by Gasteiger charge is -2.16. The normalized spacial score (nSPS) is 11.7. The number of benzene rings is 2. The molecule has 96 valence electrons. The van der Waals surface area contributed by atoms with Gasteiger partial charge in [-0.1, -0.05) is 36.4 Å². The molecule has 2 aromatic carbocycles. The fraction of sp³-hybridized carbons (Fsp3) is 0.200. The summed E-state index contributed by atoms with van der Waals surface area (Å²) in [5, 5.41) is 2.30. The quantitative estimate of drug-likeness (QED) is 0.851. The second kappa shape index (κ2) is 6.43. The highest BCUT2D eigenvalue weighted by Gasteiger charge is 2.13. The Hall–Kier alpha value is -1.51. The molecule has 0 saturated carbocycles. The van der Waals surface area contributed by atoms with Crippen molar-refractivity contribution in [1.82, 2.24) is 0 Å². The first-order valence-electron chi connectivity index (χ1n) is 5.80. The molecule has 0 radical (unpaired) electrons. The van der Waals surface area contributed by atoms with Gasteiger partial charge in [-0.15, -0.1) is 19.0 Å². The van der Waals surface area contributed by atoms with Crippen molar-refractivity contribution in [2.45, 2.75) is 13.0 Å². The van der Waals surface area contributed by atoms with Gasteiger partial charge in [0.05, 0.1) is 12.6 Å². The van der Waals surface area contributed by atoms with E-state index in [1.54, 1.807) is 6.08 Å². The van der Waals surface area contributed by atoms with Gasteiger partial charge >= 0.3 is 0 Å². The number of hydrogen-bond acceptors (Lipinski definition) is 2. The Morgan fingerprint density at radius 2 is 2.00 bits per heavy atom. The smallest absolute Gasteiger partial charge is 0.125 e. The number of ether oxygens (including phenoxy) is 1. The zero-order chi connectivity index (χ0) is 12.3. The van der Waals surface area contributed by atoms with Gasteiger partial charge in [-0.3, -0.25) is 0 Å². The molecule has 0 aromatic heterocycles. The minimum Gasteiger partial charge on any atom is -0.494 e. The van der Waals surface area contributed by atoms with Gasteiger partial charge in [-0.25, -0.2) is 0 Å². The third-order valence-electron chi connectivity index (χ3n) is 2.82. The molecule has 1 atom stereocenters. The van der Waals surface area contributed by atoms with Gasteiger partial charge in [0, 0.05) is 5.56 Å². The first kappa shape index (κ1) is 14.6. The Morgan fingerprint density at radius 3 is 2.67 bits per heavy atom. The van der Waals surface area contributed by atoms with Gasteiger partial charge in [0.25, 0.3) is 0 Å². The molecule has 2 N–H and O–H groups in total. The third-order valence-corrected chi connectivity index (χ3v) is 2.82. The number of nitrogens with two attached hydrogens (primary N) is 1. The molecule has 0 bridgehead atoms. The van der Waals surface area contributed by atoms with E-state index in [0.29, 0.717) is 6.61 Å². The lowest BCUT2D eigenvalue weighted by Crippen LogP contribution is -2.09. The maximum Gasteiger partial charge on any atom is 0.125 e. The van der Waals surface area contributed by atoms with Gasteiger partial charge in [0.2, 0.25) is 0 Å².